The van der Waals surface area contributed by atoms with Crippen LogP contribution in [0.25, 0.3) is 44.2 Å². The summed E-state index contributed by atoms with van der Waals surface area (Å²) in [4.78, 5) is 0.957. The van der Waals surface area contributed by atoms with Crippen LogP contribution in [0.15, 0.2) is 156 Å². The van der Waals surface area contributed by atoms with Gasteiger partial charge in [0.15, 0.2) is 0 Å². The predicted molar refractivity (Wildman–Crippen MR) is 159 cm³/mol. The number of rotatable bonds is 5. The Morgan fingerprint density at radius 2 is 1.03 bits per heavy atom. The number of nitrogens with zero attached hydrogens (tertiary/aromatic N) is 1. The number of benzene rings is 6. The first-order valence-corrected chi connectivity index (χ1v) is 11.1. The molecule has 0 saturated carbocycles. The molecule has 0 fully saturated rings. The van der Waals surface area contributed by atoms with Gasteiger partial charge >= 0.3 is 0 Å². The molecule has 1 heterocycles. The van der Waals surface area contributed by atoms with Gasteiger partial charge in [0.1, 0.15) is 11.2 Å². The summed E-state index contributed by atoms with van der Waals surface area (Å²) in [6.45, 7) is 0. The van der Waals surface area contributed by atoms with Crippen molar-refractivity contribution in [2.75, 3.05) is 4.90 Å². The van der Waals surface area contributed by atoms with E-state index in [0.29, 0.717) is 0 Å². The minimum atomic E-state index is -0.772. The summed E-state index contributed by atoms with van der Waals surface area (Å²) in [5.41, 5.74) is -3.64. The average molecular weight is 509 g/mol. The van der Waals surface area contributed by atoms with Crippen molar-refractivity contribution in [1.29, 1.82) is 0 Å². The van der Waals surface area contributed by atoms with Gasteiger partial charge in [-0.1, -0.05) is 103 Å². The lowest BCUT2D eigenvalue weighted by Crippen LogP contribution is -2.09. The van der Waals surface area contributed by atoms with Crippen LogP contribution >= 0.6 is 0 Å². The van der Waals surface area contributed by atoms with Crippen molar-refractivity contribution in [3.63, 3.8) is 0 Å². The van der Waals surface area contributed by atoms with Crippen LogP contribution in [-0.2, 0) is 0 Å². The monoisotopic (exact) mass is 508 g/mol. The van der Waals surface area contributed by atoms with E-state index in [4.69, 9.17) is 29.1 Å². The lowest BCUT2D eigenvalue weighted by atomic mass is 10.0. The van der Waals surface area contributed by atoms with Gasteiger partial charge in [0.25, 0.3) is 0 Å². The minimum absolute atomic E-state index is 0.274. The molecular formula is C36H25NO. The van der Waals surface area contributed by atoms with Gasteiger partial charge in [-0.15, -0.1) is 0 Å². The van der Waals surface area contributed by atoms with Crippen LogP contribution in [0.5, 0.6) is 0 Å². The Labute approximate surface area is 251 Å². The molecule has 38 heavy (non-hydrogen) atoms. The van der Waals surface area contributed by atoms with Crippen molar-refractivity contribution in [3.8, 4) is 22.3 Å². The molecule has 0 aliphatic carbocycles. The third-order valence-corrected chi connectivity index (χ3v) is 5.58. The second-order valence-electron chi connectivity index (χ2n) is 7.83. The van der Waals surface area contributed by atoms with Gasteiger partial charge in [-0.2, -0.15) is 0 Å². The maximum Gasteiger partial charge on any atom is 0.137 e. The minimum Gasteiger partial charge on any atom is -0.456 e. The molecule has 0 atom stereocenters. The van der Waals surface area contributed by atoms with Crippen molar-refractivity contribution in [2.24, 2.45) is 0 Å². The van der Waals surface area contributed by atoms with E-state index in [9.17, 15) is 4.11 Å². The molecule has 6 aromatic carbocycles. The van der Waals surface area contributed by atoms with Gasteiger partial charge in [0.2, 0.25) is 0 Å². The van der Waals surface area contributed by atoms with Gasteiger partial charge in [0, 0.05) is 33.9 Å². The fraction of sp³-hybridized carbons (Fsp3) is 0. The number of furan rings is 1. The van der Waals surface area contributed by atoms with Crippen molar-refractivity contribution in [1.82, 2.24) is 0 Å². The lowest BCUT2D eigenvalue weighted by molar-refractivity contribution is 0.669. The molecule has 7 rings (SSSR count). The number of hydrogen-bond donors (Lipinski definition) is 0. The van der Waals surface area contributed by atoms with Crippen LogP contribution in [-0.4, -0.2) is 0 Å². The maximum absolute atomic E-state index is 9.34. The van der Waals surface area contributed by atoms with Crippen LogP contribution in [0.3, 0.4) is 0 Å². The molecule has 2 heteroatoms. The zero-order chi connectivity index (χ0) is 43.6. The third kappa shape index (κ3) is 4.03. The predicted octanol–water partition coefficient (Wildman–Crippen LogP) is 10.4. The normalized spacial score (nSPS) is 18.9. The summed E-state index contributed by atoms with van der Waals surface area (Å²) >= 11 is 0. The second-order valence-corrected chi connectivity index (χ2v) is 7.83. The molecule has 0 amide bonds. The highest BCUT2D eigenvalue weighted by Gasteiger charge is 2.16. The first-order chi connectivity index (χ1) is 27.6. The Bertz CT molecular complexity index is 2950. The Morgan fingerprint density at radius 1 is 0.421 bits per heavy atom. The van der Waals surface area contributed by atoms with Crippen molar-refractivity contribution in [3.05, 3.63) is 151 Å². The van der Waals surface area contributed by atoms with E-state index in [0.717, 1.165) is 29.2 Å². The fourth-order valence-corrected chi connectivity index (χ4v) is 3.85. The molecular weight excluding hydrogens is 462 g/mol. The summed E-state index contributed by atoms with van der Waals surface area (Å²) in [6, 6.07) is -9.99. The molecule has 0 saturated heterocycles. The van der Waals surface area contributed by atoms with Crippen molar-refractivity contribution in [2.45, 2.75) is 0 Å². The lowest BCUT2D eigenvalue weighted by Gasteiger charge is -2.26. The molecule has 0 unspecified atom stereocenters. The first kappa shape index (κ1) is 9.34. The van der Waals surface area contributed by atoms with Crippen LogP contribution in [0.1, 0.15) is 28.8 Å². The Hall–Kier alpha value is -5.08. The van der Waals surface area contributed by atoms with E-state index in [2.05, 4.69) is 0 Å². The average Bonchev–Trinajstić information content (AvgIpc) is 3.61. The van der Waals surface area contributed by atoms with E-state index >= 15 is 0 Å². The largest absolute Gasteiger partial charge is 0.456 e. The highest BCUT2D eigenvalue weighted by Crippen LogP contribution is 2.39. The van der Waals surface area contributed by atoms with Crippen LogP contribution in [0.2, 0.25) is 0 Å². The zero-order valence-electron chi connectivity index (χ0n) is 40.2. The quantitative estimate of drug-likeness (QED) is 0.230. The summed E-state index contributed by atoms with van der Waals surface area (Å²) in [5, 5.41) is -0.591. The second kappa shape index (κ2) is 9.42. The van der Waals surface area contributed by atoms with Gasteiger partial charge in [-0.25, -0.2) is 0 Å². The van der Waals surface area contributed by atoms with Crippen LogP contribution in [0.4, 0.5) is 17.1 Å². The van der Waals surface area contributed by atoms with Gasteiger partial charge in [0.05, 0.1) is 28.8 Å². The number of hydrogen-bond acceptors (Lipinski definition) is 2. The Morgan fingerprint density at radius 3 is 1.79 bits per heavy atom. The summed E-state index contributed by atoms with van der Waals surface area (Å²) in [7, 11) is 0. The standard InChI is InChI=1S/C36H25NO/c1-3-9-26(10-4-1)28-15-19-30(20-16-28)37(31-21-17-29(18-22-31)27-11-5-2-6-12-27)32-23-24-34-33-13-7-8-14-35(33)38-36(34)25-32/h1-25H/i1D,2D,3D,4D,5D,6D,7D,8D,9D,10D,11D,12D,13D,14D,15D,16D,17D,21D,23D,24D,25D. The van der Waals surface area contributed by atoms with Gasteiger partial charge in [-0.3, -0.25) is 0 Å². The number of fused-ring (bicyclic) bond motifs is 3. The SMILES string of the molecule is [2H]c1cc(N(c2ccc(-c3c([2H])c([2H])c([2H])c([2H])c3[2H])c([2H])c2[2H])c2c([2H])c([2H])c3c(oc4c([2H])c([2H])c([2H])c([2H])c43)c2[2H])cc([2H])c1-c1c([2H])c([2H])c([2H])c([2H])c1[2H]. The van der Waals surface area contributed by atoms with Crippen molar-refractivity contribution >= 4 is 39.0 Å². The third-order valence-electron chi connectivity index (χ3n) is 5.58. The molecule has 0 aliphatic rings. The van der Waals surface area contributed by atoms with Gasteiger partial charge in [-0.05, 0) is 64.6 Å². The van der Waals surface area contributed by atoms with E-state index in [1.165, 1.54) is 0 Å². The molecule has 0 aliphatic heterocycles. The highest BCUT2D eigenvalue weighted by molar-refractivity contribution is 6.06. The zero-order valence-corrected chi connectivity index (χ0v) is 19.2. The van der Waals surface area contributed by atoms with Crippen molar-refractivity contribution < 1.29 is 33.2 Å². The number of anilines is 3. The molecule has 0 bridgehead atoms. The van der Waals surface area contributed by atoms with E-state index in [-0.39, 0.29) is 27.7 Å². The summed E-state index contributed by atoms with van der Waals surface area (Å²) < 4.78 is 185. The van der Waals surface area contributed by atoms with E-state index < -0.39 is 160 Å². The molecule has 180 valence electrons. The maximum atomic E-state index is 9.34. The molecule has 0 N–H and O–H groups in total. The van der Waals surface area contributed by atoms with Crippen LogP contribution in [0, 0.1) is 0 Å². The smallest absolute Gasteiger partial charge is 0.137 e. The molecule has 7 aromatic rings. The van der Waals surface area contributed by atoms with E-state index in [1.54, 1.807) is 0 Å². The fourth-order valence-electron chi connectivity index (χ4n) is 3.85. The first-order valence-electron chi connectivity index (χ1n) is 21.6. The topological polar surface area (TPSA) is 16.4 Å². The van der Waals surface area contributed by atoms with Crippen LogP contribution < -0.4 is 4.90 Å². The van der Waals surface area contributed by atoms with Gasteiger partial charge < -0.3 is 9.32 Å². The molecule has 1 aromatic heterocycles. The van der Waals surface area contributed by atoms with E-state index in [1.807, 2.05) is 0 Å². The summed E-state index contributed by atoms with van der Waals surface area (Å²) in [5.74, 6) is 0. The Kier molecular flexibility index (Phi) is 2.32. The molecule has 0 radical (unpaired) electrons. The molecule has 2 nitrogen and oxygen atoms in total. The Balaban J connectivity index is 1.58. The highest BCUT2D eigenvalue weighted by atomic mass is 16.3. The number of para-hydroxylation sites is 1. The summed E-state index contributed by atoms with van der Waals surface area (Å²) in [6.07, 6.45) is 0. The molecule has 0 spiro atoms.